The van der Waals surface area contributed by atoms with E-state index in [1.807, 2.05) is 13.8 Å². The number of aliphatic carboxylic acids is 1. The number of nitrogens with zero attached hydrogens (tertiary/aromatic N) is 2. The molecule has 0 radical (unpaired) electrons. The summed E-state index contributed by atoms with van der Waals surface area (Å²) in [7, 11) is 0. The van der Waals surface area contributed by atoms with Crippen molar-refractivity contribution in [2.45, 2.75) is 81.5 Å². The molecular weight excluding hydrogens is 492 g/mol. The van der Waals surface area contributed by atoms with E-state index in [-0.39, 0.29) is 23.3 Å². The van der Waals surface area contributed by atoms with Gasteiger partial charge in [0.1, 0.15) is 11.6 Å². The Hall–Kier alpha value is -1.45. The fourth-order valence-corrected chi connectivity index (χ4v) is 6.96. The number of unbranched alkanes of at least 4 members (excludes halogenated alkanes) is 2. The molecule has 8 nitrogen and oxygen atoms in total. The van der Waals surface area contributed by atoms with Gasteiger partial charge in [0.05, 0.1) is 30.6 Å². The van der Waals surface area contributed by atoms with Crippen molar-refractivity contribution >= 4 is 33.7 Å². The van der Waals surface area contributed by atoms with E-state index >= 15 is 0 Å². The van der Waals surface area contributed by atoms with Crippen molar-refractivity contribution < 1.29 is 29.3 Å². The molecule has 0 aliphatic carbocycles. The largest absolute Gasteiger partial charge is 0.481 e. The number of carboxylic acid groups (broad SMARTS) is 1. The maximum Gasteiger partial charge on any atom is 0.310 e. The molecule has 3 rings (SSSR count). The summed E-state index contributed by atoms with van der Waals surface area (Å²) in [6, 6.07) is -1.56. The Morgan fingerprint density at radius 3 is 2.64 bits per heavy atom. The zero-order chi connectivity index (χ0) is 24.5. The summed E-state index contributed by atoms with van der Waals surface area (Å²) < 4.78 is 6.31. The van der Waals surface area contributed by atoms with Crippen molar-refractivity contribution in [2.24, 2.45) is 17.8 Å². The topological polar surface area (TPSA) is 107 Å². The normalized spacial score (nSPS) is 33.5. The van der Waals surface area contributed by atoms with E-state index in [1.165, 1.54) is 4.90 Å². The molecule has 3 aliphatic heterocycles. The predicted molar refractivity (Wildman–Crippen MR) is 127 cm³/mol. The molecule has 0 saturated carbocycles. The zero-order valence-corrected chi connectivity index (χ0v) is 21.4. The molecule has 0 aromatic carbocycles. The van der Waals surface area contributed by atoms with Crippen LogP contribution in [0.15, 0.2) is 12.7 Å². The van der Waals surface area contributed by atoms with E-state index < -0.39 is 47.5 Å². The second-order valence-electron chi connectivity index (χ2n) is 9.99. The highest BCUT2D eigenvalue weighted by Gasteiger charge is 2.77. The van der Waals surface area contributed by atoms with Crippen LogP contribution in [0.1, 0.15) is 52.9 Å². The molecule has 2 N–H and O–H groups in total. The fourth-order valence-electron chi connectivity index (χ4n) is 6.02. The maximum absolute atomic E-state index is 14.1. The van der Waals surface area contributed by atoms with E-state index in [1.54, 1.807) is 11.0 Å². The summed E-state index contributed by atoms with van der Waals surface area (Å²) in [5, 5.41) is 20.2. The third-order valence-corrected chi connectivity index (χ3v) is 8.13. The van der Waals surface area contributed by atoms with Gasteiger partial charge in [0.2, 0.25) is 11.8 Å². The highest BCUT2D eigenvalue weighted by molar-refractivity contribution is 9.09. The predicted octanol–water partition coefficient (Wildman–Crippen LogP) is 2.43. The lowest BCUT2D eigenvalue weighted by Gasteiger charge is -2.39. The van der Waals surface area contributed by atoms with Gasteiger partial charge in [0.15, 0.2) is 0 Å². The summed E-state index contributed by atoms with van der Waals surface area (Å²) in [5.74, 6) is -3.53. The van der Waals surface area contributed by atoms with Crippen LogP contribution in [0.2, 0.25) is 0 Å². The minimum absolute atomic E-state index is 0.175. The first-order chi connectivity index (χ1) is 15.6. The Balaban J connectivity index is 2.07. The molecule has 0 aromatic heterocycles. The average molecular weight is 529 g/mol. The van der Waals surface area contributed by atoms with Crippen molar-refractivity contribution in [3.05, 3.63) is 12.7 Å². The van der Waals surface area contributed by atoms with Gasteiger partial charge in [-0.1, -0.05) is 55.6 Å². The van der Waals surface area contributed by atoms with Crippen molar-refractivity contribution in [3.63, 3.8) is 0 Å². The third-order valence-electron chi connectivity index (χ3n) is 7.29. The number of amides is 2. The number of hydrogen-bond acceptors (Lipinski definition) is 5. The summed E-state index contributed by atoms with van der Waals surface area (Å²) in [4.78, 5) is 43.0. The number of halogens is 1. The van der Waals surface area contributed by atoms with E-state index in [9.17, 15) is 24.6 Å². The average Bonchev–Trinajstić information content (AvgIpc) is 3.34. The molecule has 3 unspecified atom stereocenters. The zero-order valence-electron chi connectivity index (χ0n) is 19.8. The molecule has 3 fully saturated rings. The van der Waals surface area contributed by atoms with Crippen LogP contribution in [0, 0.1) is 17.8 Å². The van der Waals surface area contributed by atoms with Gasteiger partial charge in [-0.3, -0.25) is 14.4 Å². The molecule has 2 amide bonds. The smallest absolute Gasteiger partial charge is 0.310 e. The lowest BCUT2D eigenvalue weighted by atomic mass is 9.70. The second kappa shape index (κ2) is 10.4. The Bertz CT molecular complexity index is 776. The van der Waals surface area contributed by atoms with Crippen molar-refractivity contribution in [3.8, 4) is 0 Å². The summed E-state index contributed by atoms with van der Waals surface area (Å²) in [5.41, 5.74) is -1.22. The summed E-state index contributed by atoms with van der Waals surface area (Å²) in [6.45, 7) is 10.4. The SMILES string of the molecule is C=CCN(CCCCC)C(=O)C1N([C@@H](CO)CC(C)C)C(=O)[C@@H]2[C@H](C(=O)O)[C@H]3OC12CC3Br. The molecule has 33 heavy (non-hydrogen) atoms. The Labute approximate surface area is 204 Å². The number of aliphatic hydroxyl groups is 1. The molecular formula is C24H37BrN2O6. The van der Waals surface area contributed by atoms with Gasteiger partial charge in [-0.05, 0) is 25.2 Å². The van der Waals surface area contributed by atoms with Gasteiger partial charge < -0.3 is 24.7 Å². The number of likely N-dealkylation sites (tertiary alicyclic amines) is 1. The fraction of sp³-hybridized carbons (Fsp3) is 0.792. The van der Waals surface area contributed by atoms with E-state index in [4.69, 9.17) is 4.74 Å². The number of carboxylic acids is 1. The number of carbonyl (C=O) groups excluding carboxylic acids is 2. The molecule has 0 aromatic rings. The standard InChI is InChI=1S/C24H37BrN2O6/c1-5-7-8-10-26(9-6-2)22(30)20-24-12-16(25)19(33-24)17(23(31)32)18(24)21(29)27(20)15(13-28)11-14(3)4/h6,14-20,28H,2,5,7-13H2,1,3-4H3,(H,31,32)/t15-,16?,17+,18+,19+,20?,24?/m1/s1. The number of aliphatic hydroxyl groups excluding tert-OH is 1. The number of carbonyl (C=O) groups is 3. The molecule has 2 bridgehead atoms. The molecule has 3 aliphatic rings. The minimum Gasteiger partial charge on any atom is -0.481 e. The van der Waals surface area contributed by atoms with Gasteiger partial charge in [-0.25, -0.2) is 0 Å². The van der Waals surface area contributed by atoms with Crippen LogP contribution in [0.4, 0.5) is 0 Å². The van der Waals surface area contributed by atoms with Crippen LogP contribution in [0.25, 0.3) is 0 Å². The lowest BCUT2D eigenvalue weighted by Crippen LogP contribution is -2.59. The van der Waals surface area contributed by atoms with E-state index in [0.717, 1.165) is 19.3 Å². The van der Waals surface area contributed by atoms with Crippen molar-refractivity contribution in [1.29, 1.82) is 0 Å². The summed E-state index contributed by atoms with van der Waals surface area (Å²) in [6.07, 6.45) is 4.68. The molecule has 3 heterocycles. The van der Waals surface area contributed by atoms with E-state index in [2.05, 4.69) is 29.4 Å². The lowest BCUT2D eigenvalue weighted by molar-refractivity contribution is -0.153. The molecule has 1 spiro atoms. The van der Waals surface area contributed by atoms with Crippen molar-refractivity contribution in [1.82, 2.24) is 9.80 Å². The maximum atomic E-state index is 14.1. The Morgan fingerprint density at radius 1 is 1.39 bits per heavy atom. The Kier molecular flexibility index (Phi) is 8.28. The van der Waals surface area contributed by atoms with E-state index in [0.29, 0.717) is 25.9 Å². The van der Waals surface area contributed by atoms with Crippen LogP contribution in [0.5, 0.6) is 0 Å². The first kappa shape index (κ1) is 26.2. The first-order valence-electron chi connectivity index (χ1n) is 12.0. The first-order valence-corrected chi connectivity index (χ1v) is 12.9. The number of fused-ring (bicyclic) bond motifs is 1. The van der Waals surface area contributed by atoms with Crippen LogP contribution in [0.3, 0.4) is 0 Å². The van der Waals surface area contributed by atoms with Gasteiger partial charge >= 0.3 is 5.97 Å². The van der Waals surface area contributed by atoms with Crippen LogP contribution >= 0.6 is 15.9 Å². The third kappa shape index (κ3) is 4.48. The molecule has 3 saturated heterocycles. The minimum atomic E-state index is -1.22. The molecule has 9 heteroatoms. The van der Waals surface area contributed by atoms with Gasteiger partial charge in [0, 0.05) is 17.9 Å². The number of rotatable bonds is 12. The summed E-state index contributed by atoms with van der Waals surface area (Å²) >= 11 is 3.56. The Morgan fingerprint density at radius 2 is 2.09 bits per heavy atom. The highest BCUT2D eigenvalue weighted by Crippen LogP contribution is 2.60. The van der Waals surface area contributed by atoms with Crippen LogP contribution < -0.4 is 0 Å². The highest BCUT2D eigenvalue weighted by atomic mass is 79.9. The number of hydrogen-bond donors (Lipinski definition) is 2. The number of alkyl halides is 1. The van der Waals surface area contributed by atoms with Gasteiger partial charge in [-0.15, -0.1) is 6.58 Å². The van der Waals surface area contributed by atoms with Crippen LogP contribution in [-0.2, 0) is 19.1 Å². The van der Waals surface area contributed by atoms with Crippen LogP contribution in [-0.4, -0.2) is 86.1 Å². The quantitative estimate of drug-likeness (QED) is 0.229. The molecule has 186 valence electrons. The monoisotopic (exact) mass is 528 g/mol. The van der Waals surface area contributed by atoms with Gasteiger partial charge in [0.25, 0.3) is 0 Å². The molecule has 7 atom stereocenters. The number of ether oxygens (including phenoxy) is 1. The van der Waals surface area contributed by atoms with Gasteiger partial charge in [-0.2, -0.15) is 0 Å². The second-order valence-corrected chi connectivity index (χ2v) is 11.2. The van der Waals surface area contributed by atoms with Crippen molar-refractivity contribution in [2.75, 3.05) is 19.7 Å².